The number of Topliss-reactive ketones (excluding diaryl/α,β-unsaturated/α-hetero) is 1. The number of nitrogens with one attached hydrogen (secondary N) is 1. The molecule has 0 radical (unpaired) electrons. The van der Waals surface area contributed by atoms with Gasteiger partial charge in [0.2, 0.25) is 0 Å². The molecule has 1 aromatic rings. The van der Waals surface area contributed by atoms with Crippen molar-refractivity contribution in [3.05, 3.63) is 22.5 Å². The van der Waals surface area contributed by atoms with Gasteiger partial charge in [-0.1, -0.05) is 0 Å². The van der Waals surface area contributed by atoms with Crippen LogP contribution in [0, 0.1) is 19.8 Å². The van der Waals surface area contributed by atoms with Crippen LogP contribution < -0.4 is 0 Å². The summed E-state index contributed by atoms with van der Waals surface area (Å²) in [6.07, 6.45) is 1.64. The third-order valence-electron chi connectivity index (χ3n) is 4.69. The molecule has 7 heteroatoms. The number of rotatable bonds is 7. The van der Waals surface area contributed by atoms with E-state index in [1.807, 2.05) is 4.90 Å². The number of aromatic amines is 1. The third-order valence-corrected chi connectivity index (χ3v) is 4.69. The van der Waals surface area contributed by atoms with Gasteiger partial charge in [0.15, 0.2) is 5.78 Å². The van der Waals surface area contributed by atoms with Gasteiger partial charge in [0.05, 0.1) is 36.9 Å². The predicted octanol–water partition coefficient (Wildman–Crippen LogP) is 2.27. The van der Waals surface area contributed by atoms with Crippen molar-refractivity contribution in [2.75, 3.05) is 32.8 Å². The van der Waals surface area contributed by atoms with Crippen LogP contribution in [0.25, 0.3) is 0 Å². The van der Waals surface area contributed by atoms with Gasteiger partial charge in [-0.25, -0.2) is 4.79 Å². The molecule has 1 N–H and O–H groups in total. The number of carbonyl (C=O) groups excluding carboxylic acids is 3. The molecule has 1 aliphatic heterocycles. The summed E-state index contributed by atoms with van der Waals surface area (Å²) >= 11 is 0. The average molecular weight is 364 g/mol. The van der Waals surface area contributed by atoms with Crippen LogP contribution in [0.3, 0.4) is 0 Å². The van der Waals surface area contributed by atoms with Gasteiger partial charge in [-0.15, -0.1) is 0 Å². The molecule has 1 aliphatic rings. The summed E-state index contributed by atoms with van der Waals surface area (Å²) in [5.74, 6) is -0.886. The lowest BCUT2D eigenvalue weighted by atomic mass is 9.97. The minimum Gasteiger partial charge on any atom is -0.466 e. The van der Waals surface area contributed by atoms with E-state index in [2.05, 4.69) is 4.98 Å². The molecule has 1 unspecified atom stereocenters. The Bertz CT molecular complexity index is 680. The number of aromatic nitrogens is 1. The van der Waals surface area contributed by atoms with E-state index in [1.165, 1.54) is 0 Å². The first-order chi connectivity index (χ1) is 12.4. The second-order valence-corrected chi connectivity index (χ2v) is 6.59. The number of ether oxygens (including phenoxy) is 2. The molecular formula is C19H28N2O5. The quantitative estimate of drug-likeness (QED) is 0.590. The molecule has 0 spiro atoms. The van der Waals surface area contributed by atoms with Crippen molar-refractivity contribution in [2.45, 2.75) is 40.5 Å². The zero-order valence-electron chi connectivity index (χ0n) is 16.0. The van der Waals surface area contributed by atoms with Crippen LogP contribution in [0.1, 0.15) is 58.8 Å². The van der Waals surface area contributed by atoms with Crippen molar-refractivity contribution < 1.29 is 23.9 Å². The van der Waals surface area contributed by atoms with Crippen LogP contribution in [0.15, 0.2) is 0 Å². The van der Waals surface area contributed by atoms with Crippen LogP contribution in [-0.4, -0.2) is 60.5 Å². The monoisotopic (exact) mass is 364 g/mol. The van der Waals surface area contributed by atoms with Crippen molar-refractivity contribution in [1.29, 1.82) is 0 Å². The molecule has 1 atom stereocenters. The van der Waals surface area contributed by atoms with E-state index in [9.17, 15) is 14.4 Å². The number of piperidine rings is 1. The molecule has 2 rings (SSSR count). The van der Waals surface area contributed by atoms with E-state index in [4.69, 9.17) is 9.47 Å². The number of esters is 2. The van der Waals surface area contributed by atoms with Crippen LogP contribution >= 0.6 is 0 Å². The van der Waals surface area contributed by atoms with Crippen LogP contribution in [0.5, 0.6) is 0 Å². The summed E-state index contributed by atoms with van der Waals surface area (Å²) in [6.45, 7) is 9.20. The molecule has 1 saturated heterocycles. The Kier molecular flexibility index (Phi) is 6.97. The van der Waals surface area contributed by atoms with E-state index in [0.717, 1.165) is 19.4 Å². The number of likely N-dealkylation sites (tertiary alicyclic amines) is 1. The lowest BCUT2D eigenvalue weighted by Crippen LogP contribution is -2.42. The number of aryl methyl sites for hydroxylation is 1. The van der Waals surface area contributed by atoms with Crippen LogP contribution in [-0.2, 0) is 14.3 Å². The first kappa shape index (κ1) is 20.2. The Labute approximate surface area is 154 Å². The van der Waals surface area contributed by atoms with E-state index >= 15 is 0 Å². The fourth-order valence-corrected chi connectivity index (χ4v) is 3.47. The van der Waals surface area contributed by atoms with Gasteiger partial charge in [-0.3, -0.25) is 14.5 Å². The normalized spacial score (nSPS) is 17.8. The minimum absolute atomic E-state index is 0.0920. The summed E-state index contributed by atoms with van der Waals surface area (Å²) in [6, 6.07) is 0. The Morgan fingerprint density at radius 2 is 1.85 bits per heavy atom. The number of carbonyl (C=O) groups is 3. The Balaban J connectivity index is 2.07. The number of nitrogens with zero attached hydrogens (tertiary/aromatic N) is 1. The fourth-order valence-electron chi connectivity index (χ4n) is 3.47. The molecule has 7 nitrogen and oxygen atoms in total. The predicted molar refractivity (Wildman–Crippen MR) is 96.4 cm³/mol. The van der Waals surface area contributed by atoms with Gasteiger partial charge in [-0.05, 0) is 52.6 Å². The number of ketones is 1. The first-order valence-corrected chi connectivity index (χ1v) is 9.17. The SMILES string of the molecule is CCOC(=O)c1c(C)[nH]c(C(=O)CN2CCCC(C(=O)OCC)C2)c1C. The van der Waals surface area contributed by atoms with Crippen molar-refractivity contribution in [2.24, 2.45) is 5.92 Å². The molecule has 0 amide bonds. The smallest absolute Gasteiger partial charge is 0.340 e. The van der Waals surface area contributed by atoms with E-state index in [1.54, 1.807) is 27.7 Å². The highest BCUT2D eigenvalue weighted by Crippen LogP contribution is 2.22. The molecule has 144 valence electrons. The van der Waals surface area contributed by atoms with Crippen molar-refractivity contribution in [3.63, 3.8) is 0 Å². The summed E-state index contributed by atoms with van der Waals surface area (Å²) in [5, 5.41) is 0. The van der Waals surface area contributed by atoms with Gasteiger partial charge < -0.3 is 14.5 Å². The standard InChI is InChI=1S/C19H28N2O5/c1-5-25-18(23)14-8-7-9-21(10-14)11-15(22)17-12(3)16(13(4)20-17)19(24)26-6-2/h14,20H,5-11H2,1-4H3. The zero-order valence-corrected chi connectivity index (χ0v) is 16.0. The molecule has 0 saturated carbocycles. The topological polar surface area (TPSA) is 88.7 Å². The highest BCUT2D eigenvalue weighted by molar-refractivity contribution is 6.02. The van der Waals surface area contributed by atoms with Gasteiger partial charge in [0.25, 0.3) is 0 Å². The molecule has 26 heavy (non-hydrogen) atoms. The lowest BCUT2D eigenvalue weighted by Gasteiger charge is -2.30. The van der Waals surface area contributed by atoms with E-state index in [-0.39, 0.29) is 30.8 Å². The Hall–Kier alpha value is -2.15. The fraction of sp³-hybridized carbons (Fsp3) is 0.632. The van der Waals surface area contributed by atoms with Gasteiger partial charge in [-0.2, -0.15) is 0 Å². The summed E-state index contributed by atoms with van der Waals surface area (Å²) in [5.41, 5.74) is 2.11. The average Bonchev–Trinajstić information content (AvgIpc) is 2.90. The largest absolute Gasteiger partial charge is 0.466 e. The number of hydrogen-bond donors (Lipinski definition) is 1. The maximum absolute atomic E-state index is 12.7. The van der Waals surface area contributed by atoms with Gasteiger partial charge in [0, 0.05) is 12.2 Å². The van der Waals surface area contributed by atoms with Gasteiger partial charge >= 0.3 is 11.9 Å². The first-order valence-electron chi connectivity index (χ1n) is 9.17. The molecule has 1 aromatic heterocycles. The van der Waals surface area contributed by atoms with Crippen LogP contribution in [0.4, 0.5) is 0 Å². The molecule has 1 fully saturated rings. The van der Waals surface area contributed by atoms with Crippen molar-refractivity contribution >= 4 is 17.7 Å². The van der Waals surface area contributed by atoms with E-state index < -0.39 is 5.97 Å². The second kappa shape index (κ2) is 8.98. The Morgan fingerprint density at radius 3 is 2.50 bits per heavy atom. The highest BCUT2D eigenvalue weighted by atomic mass is 16.5. The second-order valence-electron chi connectivity index (χ2n) is 6.59. The van der Waals surface area contributed by atoms with Crippen LogP contribution in [0.2, 0.25) is 0 Å². The summed E-state index contributed by atoms with van der Waals surface area (Å²) < 4.78 is 10.2. The highest BCUT2D eigenvalue weighted by Gasteiger charge is 2.29. The maximum atomic E-state index is 12.7. The number of hydrogen-bond acceptors (Lipinski definition) is 6. The van der Waals surface area contributed by atoms with E-state index in [0.29, 0.717) is 35.7 Å². The minimum atomic E-state index is -0.418. The molecular weight excluding hydrogens is 336 g/mol. The Morgan fingerprint density at radius 1 is 1.15 bits per heavy atom. The molecule has 2 heterocycles. The summed E-state index contributed by atoms with van der Waals surface area (Å²) in [7, 11) is 0. The molecule has 0 bridgehead atoms. The number of H-pyrrole nitrogens is 1. The molecule has 0 aromatic carbocycles. The van der Waals surface area contributed by atoms with Gasteiger partial charge in [0.1, 0.15) is 0 Å². The maximum Gasteiger partial charge on any atom is 0.340 e. The third kappa shape index (κ3) is 4.52. The lowest BCUT2D eigenvalue weighted by molar-refractivity contribution is -0.149. The molecule has 0 aliphatic carbocycles. The zero-order chi connectivity index (χ0) is 19.3. The van der Waals surface area contributed by atoms with Crippen molar-refractivity contribution in [3.8, 4) is 0 Å². The van der Waals surface area contributed by atoms with Crippen molar-refractivity contribution in [1.82, 2.24) is 9.88 Å². The summed E-state index contributed by atoms with van der Waals surface area (Å²) in [4.78, 5) is 41.8.